The summed E-state index contributed by atoms with van der Waals surface area (Å²) in [7, 11) is 0. The van der Waals surface area contributed by atoms with E-state index in [1.807, 2.05) is 0 Å². The van der Waals surface area contributed by atoms with Crippen molar-refractivity contribution in [1.82, 2.24) is 0 Å². The van der Waals surface area contributed by atoms with Crippen LogP contribution in [0.5, 0.6) is 0 Å². The first-order chi connectivity index (χ1) is 4.47. The molecule has 2 aliphatic heterocycles. The predicted octanol–water partition coefficient (Wildman–Crippen LogP) is 0.148. The van der Waals surface area contributed by atoms with Gasteiger partial charge in [0.1, 0.15) is 6.10 Å². The monoisotopic (exact) mass is 130 g/mol. The lowest BCUT2D eigenvalue weighted by Gasteiger charge is -2.24. The summed E-state index contributed by atoms with van der Waals surface area (Å²) in [5.74, 6) is 0. The highest BCUT2D eigenvalue weighted by Crippen LogP contribution is 2.20. The van der Waals surface area contributed by atoms with Crippen LogP contribution < -0.4 is 0 Å². The molecular weight excluding hydrogens is 120 g/mol. The normalized spacial score (nSPS) is 42.7. The van der Waals surface area contributed by atoms with E-state index < -0.39 is 0 Å². The Morgan fingerprint density at radius 3 is 2.56 bits per heavy atom. The highest BCUT2D eigenvalue weighted by atomic mass is 16.7. The molecule has 0 aromatic heterocycles. The first-order valence-electron chi connectivity index (χ1n) is 3.31. The zero-order valence-electron chi connectivity index (χ0n) is 5.21. The van der Waals surface area contributed by atoms with Gasteiger partial charge in [-0.25, -0.2) is 0 Å². The Balaban J connectivity index is 1.97. The van der Waals surface area contributed by atoms with Gasteiger partial charge in [0.2, 0.25) is 0 Å². The summed E-state index contributed by atoms with van der Waals surface area (Å²) < 4.78 is 15.8. The summed E-state index contributed by atoms with van der Waals surface area (Å²) in [5, 5.41) is 0. The smallest absolute Gasteiger partial charge is 0.183 e. The Labute approximate surface area is 53.9 Å². The van der Waals surface area contributed by atoms with E-state index in [1.165, 1.54) is 0 Å². The summed E-state index contributed by atoms with van der Waals surface area (Å²) >= 11 is 0. The summed E-state index contributed by atoms with van der Waals surface area (Å²) in [6.07, 6.45) is 1.16. The van der Waals surface area contributed by atoms with Crippen molar-refractivity contribution in [2.24, 2.45) is 0 Å². The third-order valence-corrected chi connectivity index (χ3v) is 1.69. The van der Waals surface area contributed by atoms with Crippen LogP contribution in [0.15, 0.2) is 0 Å². The van der Waals surface area contributed by atoms with E-state index in [9.17, 15) is 0 Å². The van der Waals surface area contributed by atoms with Crippen molar-refractivity contribution in [2.45, 2.75) is 18.8 Å². The van der Waals surface area contributed by atoms with Gasteiger partial charge in [0, 0.05) is 6.42 Å². The van der Waals surface area contributed by atoms with Crippen LogP contribution in [0.1, 0.15) is 6.42 Å². The summed E-state index contributed by atoms with van der Waals surface area (Å²) in [4.78, 5) is 0. The molecule has 0 saturated carbocycles. The van der Waals surface area contributed by atoms with Crippen molar-refractivity contribution in [2.75, 3.05) is 19.8 Å². The molecular formula is C6H10O3. The van der Waals surface area contributed by atoms with Gasteiger partial charge in [-0.2, -0.15) is 0 Å². The van der Waals surface area contributed by atoms with Crippen LogP contribution >= 0.6 is 0 Å². The topological polar surface area (TPSA) is 27.7 Å². The second-order valence-corrected chi connectivity index (χ2v) is 2.31. The number of fused-ring (bicyclic) bond motifs is 1. The highest BCUT2D eigenvalue weighted by Gasteiger charge is 2.32. The molecule has 0 aromatic carbocycles. The molecule has 2 aliphatic rings. The molecule has 2 unspecified atom stereocenters. The molecule has 3 heteroatoms. The van der Waals surface area contributed by atoms with Gasteiger partial charge in [0.05, 0.1) is 19.8 Å². The van der Waals surface area contributed by atoms with Crippen molar-refractivity contribution in [3.05, 3.63) is 0 Å². The van der Waals surface area contributed by atoms with E-state index in [1.54, 1.807) is 0 Å². The van der Waals surface area contributed by atoms with Crippen molar-refractivity contribution < 1.29 is 14.2 Å². The Morgan fingerprint density at radius 1 is 0.889 bits per heavy atom. The molecule has 9 heavy (non-hydrogen) atoms. The standard InChI is InChI=1S/C6H10O3/c1-2-8-6-5(1)7-3-4-9-6/h5-6H,1-4H2. The lowest BCUT2D eigenvalue weighted by molar-refractivity contribution is -0.209. The minimum absolute atomic E-state index is 0.0567. The maximum atomic E-state index is 5.35. The molecule has 0 aromatic rings. The van der Waals surface area contributed by atoms with Crippen molar-refractivity contribution in [3.63, 3.8) is 0 Å². The van der Waals surface area contributed by atoms with Gasteiger partial charge in [-0.3, -0.25) is 0 Å². The fourth-order valence-electron chi connectivity index (χ4n) is 1.22. The second kappa shape index (κ2) is 2.25. The molecule has 2 fully saturated rings. The summed E-state index contributed by atoms with van der Waals surface area (Å²) in [6, 6.07) is 0. The van der Waals surface area contributed by atoms with Gasteiger partial charge >= 0.3 is 0 Å². The molecule has 2 saturated heterocycles. The second-order valence-electron chi connectivity index (χ2n) is 2.31. The quantitative estimate of drug-likeness (QED) is 0.467. The van der Waals surface area contributed by atoms with Crippen LogP contribution in [0.4, 0.5) is 0 Å². The van der Waals surface area contributed by atoms with Crippen LogP contribution in [-0.4, -0.2) is 32.2 Å². The molecule has 2 heterocycles. The molecule has 0 radical (unpaired) electrons. The zero-order valence-corrected chi connectivity index (χ0v) is 5.21. The zero-order chi connectivity index (χ0) is 6.10. The van der Waals surface area contributed by atoms with E-state index >= 15 is 0 Å². The van der Waals surface area contributed by atoms with Crippen LogP contribution in [-0.2, 0) is 14.2 Å². The molecule has 0 amide bonds. The highest BCUT2D eigenvalue weighted by molar-refractivity contribution is 4.71. The van der Waals surface area contributed by atoms with E-state index in [4.69, 9.17) is 14.2 Å². The lowest BCUT2D eigenvalue weighted by atomic mass is 10.3. The first-order valence-corrected chi connectivity index (χ1v) is 3.31. The number of hydrogen-bond donors (Lipinski definition) is 0. The van der Waals surface area contributed by atoms with E-state index in [-0.39, 0.29) is 12.4 Å². The minimum Gasteiger partial charge on any atom is -0.370 e. The molecule has 0 bridgehead atoms. The Kier molecular flexibility index (Phi) is 1.41. The maximum Gasteiger partial charge on any atom is 0.183 e. The van der Waals surface area contributed by atoms with Crippen LogP contribution in [0.2, 0.25) is 0 Å². The SMILES string of the molecule is C1COC2OCCC2O1. The number of hydrogen-bond acceptors (Lipinski definition) is 3. The fraction of sp³-hybridized carbons (Fsp3) is 1.00. The molecule has 2 atom stereocenters. The van der Waals surface area contributed by atoms with E-state index in [2.05, 4.69) is 0 Å². The maximum absolute atomic E-state index is 5.35. The Bertz CT molecular complexity index is 92.5. The van der Waals surface area contributed by atoms with E-state index in [0.29, 0.717) is 6.61 Å². The first kappa shape index (κ1) is 5.65. The molecule has 0 N–H and O–H groups in total. The predicted molar refractivity (Wildman–Crippen MR) is 30.0 cm³/mol. The molecule has 52 valence electrons. The largest absolute Gasteiger partial charge is 0.370 e. The minimum atomic E-state index is -0.0567. The average molecular weight is 130 g/mol. The average Bonchev–Trinajstić information content (AvgIpc) is 2.33. The number of ether oxygens (including phenoxy) is 3. The Morgan fingerprint density at radius 2 is 1.67 bits per heavy atom. The summed E-state index contributed by atoms with van der Waals surface area (Å²) in [6.45, 7) is 2.20. The fourth-order valence-corrected chi connectivity index (χ4v) is 1.22. The van der Waals surface area contributed by atoms with Gasteiger partial charge in [-0.1, -0.05) is 0 Å². The van der Waals surface area contributed by atoms with Gasteiger partial charge in [0.25, 0.3) is 0 Å². The van der Waals surface area contributed by atoms with Crippen LogP contribution in [0, 0.1) is 0 Å². The third kappa shape index (κ3) is 0.956. The lowest BCUT2D eigenvalue weighted by Crippen LogP contribution is -2.34. The van der Waals surface area contributed by atoms with Gasteiger partial charge < -0.3 is 14.2 Å². The van der Waals surface area contributed by atoms with E-state index in [0.717, 1.165) is 19.6 Å². The van der Waals surface area contributed by atoms with Crippen LogP contribution in [0.25, 0.3) is 0 Å². The van der Waals surface area contributed by atoms with Gasteiger partial charge in [-0.05, 0) is 0 Å². The van der Waals surface area contributed by atoms with Crippen molar-refractivity contribution in [3.8, 4) is 0 Å². The number of rotatable bonds is 0. The molecule has 2 rings (SSSR count). The third-order valence-electron chi connectivity index (χ3n) is 1.69. The molecule has 0 spiro atoms. The van der Waals surface area contributed by atoms with Crippen molar-refractivity contribution in [1.29, 1.82) is 0 Å². The van der Waals surface area contributed by atoms with Crippen molar-refractivity contribution >= 4 is 0 Å². The van der Waals surface area contributed by atoms with Gasteiger partial charge in [-0.15, -0.1) is 0 Å². The van der Waals surface area contributed by atoms with Crippen LogP contribution in [0.3, 0.4) is 0 Å². The Hall–Kier alpha value is -0.120. The molecule has 3 nitrogen and oxygen atoms in total. The molecule has 0 aliphatic carbocycles. The summed E-state index contributed by atoms with van der Waals surface area (Å²) in [5.41, 5.74) is 0. The van der Waals surface area contributed by atoms with Gasteiger partial charge in [0.15, 0.2) is 6.29 Å².